The number of anilines is 2. The highest BCUT2D eigenvalue weighted by Gasteiger charge is 2.39. The molecule has 0 fully saturated rings. The van der Waals surface area contributed by atoms with Crippen LogP contribution in [0.25, 0.3) is 5.69 Å². The largest absolute Gasteiger partial charge is 0.497 e. The van der Waals surface area contributed by atoms with Gasteiger partial charge in [0.05, 0.1) is 31.3 Å². The summed E-state index contributed by atoms with van der Waals surface area (Å²) in [5.74, 6) is 1.07. The Balaban J connectivity index is 1.56. The van der Waals surface area contributed by atoms with Crippen LogP contribution in [0.3, 0.4) is 0 Å². The fraction of sp³-hybridized carbons (Fsp3) is 0.273. The third kappa shape index (κ3) is 5.25. The van der Waals surface area contributed by atoms with Crippen molar-refractivity contribution in [1.82, 2.24) is 9.47 Å². The van der Waals surface area contributed by atoms with Crippen molar-refractivity contribution in [3.63, 3.8) is 0 Å². The molecule has 3 amide bonds. The number of amides is 3. The summed E-state index contributed by atoms with van der Waals surface area (Å²) in [6.07, 6.45) is 1.99. The molecule has 0 saturated carbocycles. The van der Waals surface area contributed by atoms with Gasteiger partial charge in [0.2, 0.25) is 5.91 Å². The van der Waals surface area contributed by atoms with Gasteiger partial charge in [-0.15, -0.1) is 0 Å². The quantitative estimate of drug-likeness (QED) is 0.284. The number of urea groups is 1. The molecule has 3 aromatic carbocycles. The number of hydrogen-bond acceptors (Lipinski definition) is 4. The standard InChI is InChI=1S/C33H36N4O4/c1-21(2)36(33(39)34-24-14-13-22(3)23(4)18-24)20-31(38)37-28-11-8-7-10-27(28)35-17-9-12-29(35)32(37)26-19-25(40-5)15-16-30(26)41-6/h7-19,21,32H,20H2,1-6H3,(H,34,39). The molecule has 5 rings (SSSR count). The zero-order valence-corrected chi connectivity index (χ0v) is 24.3. The lowest BCUT2D eigenvalue weighted by molar-refractivity contribution is -0.119. The number of rotatable bonds is 7. The predicted molar refractivity (Wildman–Crippen MR) is 161 cm³/mol. The van der Waals surface area contributed by atoms with Crippen LogP contribution in [-0.2, 0) is 4.79 Å². The zero-order valence-electron chi connectivity index (χ0n) is 24.3. The summed E-state index contributed by atoms with van der Waals surface area (Å²) in [6, 6.07) is 22.1. The maximum Gasteiger partial charge on any atom is 0.322 e. The van der Waals surface area contributed by atoms with Crippen molar-refractivity contribution >= 4 is 23.3 Å². The van der Waals surface area contributed by atoms with Crippen LogP contribution in [-0.4, -0.2) is 48.2 Å². The first-order valence-electron chi connectivity index (χ1n) is 13.7. The van der Waals surface area contributed by atoms with Crippen molar-refractivity contribution in [2.75, 3.05) is 31.0 Å². The van der Waals surface area contributed by atoms with Gasteiger partial charge in [0.1, 0.15) is 24.1 Å². The number of benzene rings is 3. The highest BCUT2D eigenvalue weighted by atomic mass is 16.5. The Morgan fingerprint density at radius 2 is 1.66 bits per heavy atom. The lowest BCUT2D eigenvalue weighted by atomic mass is 9.96. The molecule has 8 heteroatoms. The number of aryl methyl sites for hydroxylation is 2. The Bertz CT molecular complexity index is 1590. The summed E-state index contributed by atoms with van der Waals surface area (Å²) in [7, 11) is 3.23. The maximum atomic E-state index is 14.4. The van der Waals surface area contributed by atoms with Crippen molar-refractivity contribution in [2.24, 2.45) is 0 Å². The van der Waals surface area contributed by atoms with Gasteiger partial charge in [-0.25, -0.2) is 4.79 Å². The van der Waals surface area contributed by atoms with E-state index in [-0.39, 0.29) is 24.5 Å². The predicted octanol–water partition coefficient (Wildman–Crippen LogP) is 6.49. The minimum Gasteiger partial charge on any atom is -0.497 e. The number of fused-ring (bicyclic) bond motifs is 3. The van der Waals surface area contributed by atoms with Crippen molar-refractivity contribution in [2.45, 2.75) is 39.8 Å². The van der Waals surface area contributed by atoms with Crippen LogP contribution >= 0.6 is 0 Å². The van der Waals surface area contributed by atoms with Crippen molar-refractivity contribution in [1.29, 1.82) is 0 Å². The van der Waals surface area contributed by atoms with Crippen LogP contribution in [0.2, 0.25) is 0 Å². The third-order valence-electron chi connectivity index (χ3n) is 7.67. The topological polar surface area (TPSA) is 76.0 Å². The molecule has 8 nitrogen and oxygen atoms in total. The Kier molecular flexibility index (Phi) is 7.75. The van der Waals surface area contributed by atoms with E-state index in [0.29, 0.717) is 17.2 Å². The van der Waals surface area contributed by atoms with Crippen LogP contribution < -0.4 is 19.7 Å². The van der Waals surface area contributed by atoms with E-state index < -0.39 is 6.04 Å². The van der Waals surface area contributed by atoms with E-state index in [9.17, 15) is 9.59 Å². The second-order valence-corrected chi connectivity index (χ2v) is 10.5. The van der Waals surface area contributed by atoms with Gasteiger partial charge in [-0.05, 0) is 93.4 Å². The lowest BCUT2D eigenvalue weighted by Gasteiger charge is -2.40. The summed E-state index contributed by atoms with van der Waals surface area (Å²) >= 11 is 0. The van der Waals surface area contributed by atoms with Gasteiger partial charge in [-0.3, -0.25) is 9.69 Å². The van der Waals surface area contributed by atoms with Gasteiger partial charge in [-0.2, -0.15) is 0 Å². The number of hydrogen-bond donors (Lipinski definition) is 1. The zero-order chi connectivity index (χ0) is 29.3. The van der Waals surface area contributed by atoms with Gasteiger partial charge < -0.3 is 24.3 Å². The Hall–Kier alpha value is -4.72. The molecule has 0 bridgehead atoms. The SMILES string of the molecule is COc1ccc(OC)c(C2c3cccn3-c3ccccc3N2C(=O)CN(C(=O)Nc2ccc(C)c(C)c2)C(C)C)c1. The molecule has 1 unspecified atom stereocenters. The number of ether oxygens (including phenoxy) is 2. The smallest absolute Gasteiger partial charge is 0.322 e. The summed E-state index contributed by atoms with van der Waals surface area (Å²) in [5, 5.41) is 2.98. The van der Waals surface area contributed by atoms with Crippen molar-refractivity contribution in [3.8, 4) is 17.2 Å². The summed E-state index contributed by atoms with van der Waals surface area (Å²) in [5.41, 5.74) is 6.23. The second kappa shape index (κ2) is 11.4. The summed E-state index contributed by atoms with van der Waals surface area (Å²) in [6.45, 7) is 7.73. The first-order chi connectivity index (χ1) is 19.7. The Morgan fingerprint density at radius 1 is 0.902 bits per heavy atom. The Labute approximate surface area is 241 Å². The Morgan fingerprint density at radius 3 is 2.34 bits per heavy atom. The minimum atomic E-state index is -0.519. The molecule has 1 atom stereocenters. The first kappa shape index (κ1) is 27.8. The molecule has 212 valence electrons. The highest BCUT2D eigenvalue weighted by Crippen LogP contribution is 2.45. The fourth-order valence-electron chi connectivity index (χ4n) is 5.33. The van der Waals surface area contributed by atoms with Gasteiger partial charge in [0.25, 0.3) is 0 Å². The molecule has 2 heterocycles. The lowest BCUT2D eigenvalue weighted by Crippen LogP contribution is -2.49. The van der Waals surface area contributed by atoms with E-state index in [1.807, 2.05) is 107 Å². The molecule has 4 aromatic rings. The number of carbonyl (C=O) groups is 2. The molecular formula is C33H36N4O4. The van der Waals surface area contributed by atoms with Crippen LogP contribution in [0.1, 0.15) is 42.3 Å². The number of para-hydroxylation sites is 2. The first-order valence-corrected chi connectivity index (χ1v) is 13.7. The number of carbonyl (C=O) groups excluding carboxylic acids is 2. The van der Waals surface area contributed by atoms with Gasteiger partial charge >= 0.3 is 6.03 Å². The fourth-order valence-corrected chi connectivity index (χ4v) is 5.33. The van der Waals surface area contributed by atoms with E-state index in [2.05, 4.69) is 9.88 Å². The highest BCUT2D eigenvalue weighted by molar-refractivity contribution is 6.01. The molecule has 0 aliphatic carbocycles. The van der Waals surface area contributed by atoms with E-state index >= 15 is 0 Å². The molecule has 1 aromatic heterocycles. The summed E-state index contributed by atoms with van der Waals surface area (Å²) < 4.78 is 13.4. The van der Waals surface area contributed by atoms with Crippen molar-refractivity contribution in [3.05, 3.63) is 101 Å². The summed E-state index contributed by atoms with van der Waals surface area (Å²) in [4.78, 5) is 31.3. The monoisotopic (exact) mass is 552 g/mol. The molecular weight excluding hydrogens is 516 g/mol. The van der Waals surface area contributed by atoms with Crippen molar-refractivity contribution < 1.29 is 19.1 Å². The van der Waals surface area contributed by atoms with E-state index in [0.717, 1.165) is 33.8 Å². The van der Waals surface area contributed by atoms with Crippen LogP contribution in [0, 0.1) is 13.8 Å². The van der Waals surface area contributed by atoms with Gasteiger partial charge in [-0.1, -0.05) is 18.2 Å². The van der Waals surface area contributed by atoms with Gasteiger partial charge in [0, 0.05) is 23.5 Å². The molecule has 1 aliphatic rings. The molecule has 1 N–H and O–H groups in total. The molecule has 0 spiro atoms. The molecule has 0 radical (unpaired) electrons. The minimum absolute atomic E-state index is 0.119. The van der Waals surface area contributed by atoms with E-state index in [1.54, 1.807) is 24.0 Å². The van der Waals surface area contributed by atoms with Gasteiger partial charge in [0.15, 0.2) is 0 Å². The third-order valence-corrected chi connectivity index (χ3v) is 7.67. The van der Waals surface area contributed by atoms with E-state index in [4.69, 9.17) is 9.47 Å². The van der Waals surface area contributed by atoms with Crippen LogP contribution in [0.5, 0.6) is 11.5 Å². The second-order valence-electron chi connectivity index (χ2n) is 10.5. The normalized spacial score (nSPS) is 13.8. The molecule has 0 saturated heterocycles. The number of nitrogens with one attached hydrogen (secondary N) is 1. The van der Waals surface area contributed by atoms with Crippen LogP contribution in [0.15, 0.2) is 79.0 Å². The van der Waals surface area contributed by atoms with Crippen LogP contribution in [0.4, 0.5) is 16.2 Å². The maximum absolute atomic E-state index is 14.4. The van der Waals surface area contributed by atoms with E-state index in [1.165, 1.54) is 0 Å². The number of methoxy groups -OCH3 is 2. The number of aromatic nitrogens is 1. The average Bonchev–Trinajstić information content (AvgIpc) is 3.46. The number of nitrogens with zero attached hydrogens (tertiary/aromatic N) is 3. The molecule has 41 heavy (non-hydrogen) atoms. The average molecular weight is 553 g/mol. The molecule has 1 aliphatic heterocycles.